The zero-order valence-corrected chi connectivity index (χ0v) is 16.5. The number of nitrogens with zero attached hydrogens (tertiary/aromatic N) is 4. The molecule has 7 nitrogen and oxygen atoms in total. The van der Waals surface area contributed by atoms with Gasteiger partial charge in [0.05, 0.1) is 17.2 Å². The highest BCUT2D eigenvalue weighted by atomic mass is 16.1. The minimum Gasteiger partial charge on any atom is -0.351 e. The van der Waals surface area contributed by atoms with E-state index in [1.54, 1.807) is 40.5 Å². The molecule has 0 bridgehead atoms. The Morgan fingerprint density at radius 1 is 1.18 bits per heavy atom. The molecule has 0 radical (unpaired) electrons. The first-order chi connectivity index (χ1) is 13.6. The van der Waals surface area contributed by atoms with Crippen molar-refractivity contribution in [2.45, 2.75) is 38.1 Å². The predicted octanol–water partition coefficient (Wildman–Crippen LogP) is 2.18. The summed E-state index contributed by atoms with van der Waals surface area (Å²) in [5.41, 5.74) is 2.44. The van der Waals surface area contributed by atoms with Crippen LogP contribution >= 0.6 is 0 Å². The first-order valence-corrected chi connectivity index (χ1v) is 10.0. The van der Waals surface area contributed by atoms with Gasteiger partial charge in [-0.05, 0) is 44.2 Å². The third-order valence-corrected chi connectivity index (χ3v) is 5.94. The number of rotatable bonds is 5. The van der Waals surface area contributed by atoms with Gasteiger partial charge in [-0.3, -0.25) is 9.59 Å². The van der Waals surface area contributed by atoms with Crippen LogP contribution in [0.5, 0.6) is 0 Å². The fourth-order valence-corrected chi connectivity index (χ4v) is 4.20. The molecule has 1 fully saturated rings. The summed E-state index contributed by atoms with van der Waals surface area (Å²) in [6.45, 7) is 1.46. The molecule has 0 spiro atoms. The van der Waals surface area contributed by atoms with Crippen molar-refractivity contribution in [3.63, 3.8) is 0 Å². The molecule has 0 atom stereocenters. The molecule has 1 aliphatic carbocycles. The first-order valence-electron chi connectivity index (χ1n) is 10.0. The Morgan fingerprint density at radius 2 is 1.96 bits per heavy atom. The minimum absolute atomic E-state index is 0.119. The van der Waals surface area contributed by atoms with Crippen molar-refractivity contribution >= 4 is 22.5 Å². The molecule has 7 heteroatoms. The van der Waals surface area contributed by atoms with Gasteiger partial charge in [-0.25, -0.2) is 4.52 Å². The third kappa shape index (κ3) is 3.42. The third-order valence-electron chi connectivity index (χ3n) is 5.94. The summed E-state index contributed by atoms with van der Waals surface area (Å²) in [6.07, 6.45) is 8.08. The Balaban J connectivity index is 1.48. The topological polar surface area (TPSA) is 71.6 Å². The Kier molecular flexibility index (Phi) is 5.17. The Hall–Kier alpha value is -2.67. The lowest BCUT2D eigenvalue weighted by Gasteiger charge is -2.31. The van der Waals surface area contributed by atoms with Gasteiger partial charge in [0.1, 0.15) is 5.52 Å². The fourth-order valence-electron chi connectivity index (χ4n) is 4.20. The van der Waals surface area contributed by atoms with Crippen LogP contribution in [0, 0.1) is 0 Å². The number of benzene rings is 1. The Labute approximate surface area is 163 Å². The van der Waals surface area contributed by atoms with Crippen LogP contribution in [0.15, 0.2) is 35.3 Å². The number of hydrogen-bond acceptors (Lipinski definition) is 4. The minimum atomic E-state index is -0.128. The Morgan fingerprint density at radius 3 is 2.75 bits per heavy atom. The maximum atomic E-state index is 12.6. The largest absolute Gasteiger partial charge is 0.351 e. The van der Waals surface area contributed by atoms with Gasteiger partial charge in [-0.2, -0.15) is 5.10 Å². The first kappa shape index (κ1) is 18.7. The van der Waals surface area contributed by atoms with Crippen LogP contribution in [0.4, 0.5) is 0 Å². The lowest BCUT2D eigenvalue weighted by atomic mass is 9.94. The molecule has 0 aliphatic heterocycles. The van der Waals surface area contributed by atoms with E-state index in [0.29, 0.717) is 29.2 Å². The van der Waals surface area contributed by atoms with E-state index in [2.05, 4.69) is 22.4 Å². The van der Waals surface area contributed by atoms with E-state index in [1.165, 1.54) is 32.1 Å². The van der Waals surface area contributed by atoms with Crippen molar-refractivity contribution in [2.24, 2.45) is 7.05 Å². The highest BCUT2D eigenvalue weighted by Gasteiger charge is 2.18. The zero-order chi connectivity index (χ0) is 19.7. The van der Waals surface area contributed by atoms with E-state index in [0.717, 1.165) is 12.1 Å². The van der Waals surface area contributed by atoms with Crippen molar-refractivity contribution < 1.29 is 4.79 Å². The van der Waals surface area contributed by atoms with Crippen LogP contribution in [0.3, 0.4) is 0 Å². The van der Waals surface area contributed by atoms with Crippen molar-refractivity contribution in [3.05, 3.63) is 46.4 Å². The molecular weight excluding hydrogens is 354 g/mol. The van der Waals surface area contributed by atoms with E-state index >= 15 is 0 Å². The number of nitrogens with one attached hydrogen (secondary N) is 1. The molecule has 1 amide bonds. The molecule has 1 aromatic carbocycles. The number of amides is 1. The molecule has 2 aromatic heterocycles. The van der Waals surface area contributed by atoms with Crippen molar-refractivity contribution in [2.75, 3.05) is 20.1 Å². The van der Waals surface area contributed by atoms with E-state index in [-0.39, 0.29) is 11.5 Å². The van der Waals surface area contributed by atoms with E-state index in [4.69, 9.17) is 0 Å². The van der Waals surface area contributed by atoms with E-state index in [9.17, 15) is 9.59 Å². The predicted molar refractivity (Wildman–Crippen MR) is 110 cm³/mol. The number of aromatic nitrogens is 3. The molecule has 28 heavy (non-hydrogen) atoms. The number of hydrogen-bond donors (Lipinski definition) is 1. The van der Waals surface area contributed by atoms with Crippen LogP contribution in [-0.2, 0) is 7.05 Å². The zero-order valence-electron chi connectivity index (χ0n) is 16.5. The number of carbonyl (C=O) groups excluding carboxylic acids is 1. The van der Waals surface area contributed by atoms with Crippen LogP contribution in [0.1, 0.15) is 42.5 Å². The maximum Gasteiger partial charge on any atom is 0.276 e. The number of carbonyl (C=O) groups is 1. The molecule has 1 N–H and O–H groups in total. The van der Waals surface area contributed by atoms with Gasteiger partial charge in [-0.1, -0.05) is 19.3 Å². The van der Waals surface area contributed by atoms with Crippen LogP contribution in [0.25, 0.3) is 16.6 Å². The fraction of sp³-hybridized carbons (Fsp3) is 0.476. The van der Waals surface area contributed by atoms with Gasteiger partial charge in [0.2, 0.25) is 0 Å². The van der Waals surface area contributed by atoms with E-state index < -0.39 is 0 Å². The normalized spacial score (nSPS) is 15.5. The van der Waals surface area contributed by atoms with E-state index in [1.807, 2.05) is 6.07 Å². The SMILES string of the molecule is CN(CCNC(=O)c1ccc2c(c1)n(C)c(=O)c1ccnn12)C1CCCCC1. The smallest absolute Gasteiger partial charge is 0.276 e. The number of likely N-dealkylation sites (N-methyl/N-ethyl adjacent to an activating group) is 1. The second-order valence-electron chi connectivity index (χ2n) is 7.72. The monoisotopic (exact) mass is 381 g/mol. The van der Waals surface area contributed by atoms with Gasteiger partial charge in [0, 0.05) is 31.7 Å². The number of fused-ring (bicyclic) bond motifs is 3. The van der Waals surface area contributed by atoms with Gasteiger partial charge in [0.25, 0.3) is 11.5 Å². The Bertz CT molecular complexity index is 1060. The standard InChI is InChI=1S/C21H27N5O2/c1-24(16-6-4-3-5-7-16)13-12-22-20(27)15-8-9-17-19(14-15)25(2)21(28)18-10-11-23-26(17)18/h8-11,14,16H,3-7,12-13H2,1-2H3,(H,22,27). The van der Waals surface area contributed by atoms with Gasteiger partial charge in [0.15, 0.2) is 0 Å². The summed E-state index contributed by atoms with van der Waals surface area (Å²) in [6, 6.07) is 7.73. The lowest BCUT2D eigenvalue weighted by molar-refractivity contribution is 0.0944. The van der Waals surface area contributed by atoms with Gasteiger partial charge in [-0.15, -0.1) is 0 Å². The van der Waals surface area contributed by atoms with Crippen molar-refractivity contribution in [1.82, 2.24) is 24.4 Å². The number of aryl methyl sites for hydroxylation is 1. The van der Waals surface area contributed by atoms with Crippen LogP contribution < -0.4 is 10.9 Å². The molecule has 1 aliphatic rings. The molecular formula is C21H27N5O2. The molecule has 0 saturated heterocycles. The van der Waals surface area contributed by atoms with Gasteiger partial charge >= 0.3 is 0 Å². The second-order valence-corrected chi connectivity index (χ2v) is 7.72. The summed E-state index contributed by atoms with van der Waals surface area (Å²) < 4.78 is 3.19. The quantitative estimate of drug-likeness (QED) is 0.735. The van der Waals surface area contributed by atoms with Crippen LogP contribution in [0.2, 0.25) is 0 Å². The average Bonchev–Trinajstić information content (AvgIpc) is 3.22. The molecule has 3 aromatic rings. The molecule has 4 rings (SSSR count). The second kappa shape index (κ2) is 7.75. The highest BCUT2D eigenvalue weighted by molar-refractivity contribution is 5.97. The summed E-state index contributed by atoms with van der Waals surface area (Å²) >= 11 is 0. The maximum absolute atomic E-state index is 12.6. The van der Waals surface area contributed by atoms with Crippen molar-refractivity contribution in [3.8, 4) is 0 Å². The molecule has 1 saturated carbocycles. The summed E-state index contributed by atoms with van der Waals surface area (Å²) in [7, 11) is 3.86. The average molecular weight is 381 g/mol. The van der Waals surface area contributed by atoms with Gasteiger partial charge < -0.3 is 14.8 Å². The highest BCUT2D eigenvalue weighted by Crippen LogP contribution is 2.21. The molecule has 148 valence electrons. The van der Waals surface area contributed by atoms with Crippen molar-refractivity contribution in [1.29, 1.82) is 0 Å². The molecule has 0 unspecified atom stereocenters. The molecule has 2 heterocycles. The lowest BCUT2D eigenvalue weighted by Crippen LogP contribution is -2.39. The summed E-state index contributed by atoms with van der Waals surface area (Å²) in [4.78, 5) is 27.5. The summed E-state index contributed by atoms with van der Waals surface area (Å²) in [5.74, 6) is -0.119. The van der Waals surface area contributed by atoms with Crippen LogP contribution in [-0.4, -0.2) is 51.2 Å². The summed E-state index contributed by atoms with van der Waals surface area (Å²) in [5, 5.41) is 7.24.